The fourth-order valence-corrected chi connectivity index (χ4v) is 7.03. The van der Waals surface area contributed by atoms with E-state index >= 15 is 0 Å². The molecule has 0 saturated heterocycles. The standard InChI is InChI=1S/C37H33N3O.C2H6/c1-26-32(24-27-22-23-34-35(36(27)41)31-20-12-13-21-33(31)39(34)2)38-25-40(26)37(28-14-6-3-7-15-28,29-16-8-4-9-17-29)30-18-10-5-11-19-30;1-2/h3-21,25,27H,22-24H2,1-2H3;1-2H3. The third-order valence-corrected chi connectivity index (χ3v) is 9.06. The molecule has 1 aliphatic rings. The molecule has 0 amide bonds. The highest BCUT2D eigenvalue weighted by molar-refractivity contribution is 6.11. The van der Waals surface area contributed by atoms with Crippen LogP contribution < -0.4 is 0 Å². The third-order valence-electron chi connectivity index (χ3n) is 9.06. The highest BCUT2D eigenvalue weighted by Crippen LogP contribution is 2.42. The van der Waals surface area contributed by atoms with Crippen molar-refractivity contribution in [3.63, 3.8) is 0 Å². The Morgan fingerprint density at radius 2 is 1.28 bits per heavy atom. The minimum Gasteiger partial charge on any atom is -0.347 e. The number of aromatic nitrogens is 3. The van der Waals surface area contributed by atoms with Gasteiger partial charge >= 0.3 is 0 Å². The predicted octanol–water partition coefficient (Wildman–Crippen LogP) is 8.54. The summed E-state index contributed by atoms with van der Waals surface area (Å²) in [5.41, 5.74) is 8.14. The van der Waals surface area contributed by atoms with Crippen LogP contribution in [0.2, 0.25) is 0 Å². The van der Waals surface area contributed by atoms with E-state index in [9.17, 15) is 4.79 Å². The number of rotatable bonds is 6. The van der Waals surface area contributed by atoms with E-state index in [1.807, 2.05) is 32.3 Å². The van der Waals surface area contributed by atoms with E-state index in [4.69, 9.17) is 4.98 Å². The lowest BCUT2D eigenvalue weighted by Crippen LogP contribution is -2.38. The molecule has 0 N–H and O–H groups in total. The summed E-state index contributed by atoms with van der Waals surface area (Å²) in [6.45, 7) is 6.16. The maximum atomic E-state index is 14.0. The molecule has 2 aromatic heterocycles. The lowest BCUT2D eigenvalue weighted by Gasteiger charge is -2.38. The van der Waals surface area contributed by atoms with E-state index in [0.717, 1.165) is 46.4 Å². The monoisotopic (exact) mass is 565 g/mol. The highest BCUT2D eigenvalue weighted by atomic mass is 16.1. The smallest absolute Gasteiger partial charge is 0.168 e. The van der Waals surface area contributed by atoms with Crippen LogP contribution in [0, 0.1) is 12.8 Å². The summed E-state index contributed by atoms with van der Waals surface area (Å²) in [5, 5.41) is 1.07. The first-order valence-electron chi connectivity index (χ1n) is 15.4. The van der Waals surface area contributed by atoms with Gasteiger partial charge < -0.3 is 9.13 Å². The van der Waals surface area contributed by atoms with Crippen LogP contribution >= 0.6 is 0 Å². The largest absolute Gasteiger partial charge is 0.347 e. The summed E-state index contributed by atoms with van der Waals surface area (Å²) in [7, 11) is 2.08. The summed E-state index contributed by atoms with van der Waals surface area (Å²) in [5.74, 6) is 0.160. The van der Waals surface area contributed by atoms with Gasteiger partial charge in [-0.05, 0) is 42.5 Å². The molecule has 0 bridgehead atoms. The first kappa shape index (κ1) is 28.4. The van der Waals surface area contributed by atoms with Crippen LogP contribution in [-0.2, 0) is 25.4 Å². The number of fused-ring (bicyclic) bond motifs is 3. The summed E-state index contributed by atoms with van der Waals surface area (Å²) >= 11 is 0. The third kappa shape index (κ3) is 4.62. The molecule has 7 rings (SSSR count). The van der Waals surface area contributed by atoms with Gasteiger partial charge in [0.05, 0.1) is 12.0 Å². The molecule has 1 unspecified atom stereocenters. The molecule has 216 valence electrons. The van der Waals surface area contributed by atoms with Gasteiger partial charge in [0, 0.05) is 47.2 Å². The number of hydrogen-bond acceptors (Lipinski definition) is 2. The van der Waals surface area contributed by atoms with Crippen molar-refractivity contribution in [1.29, 1.82) is 0 Å². The Kier molecular flexibility index (Phi) is 7.86. The normalized spacial score (nSPS) is 14.7. The minimum absolute atomic E-state index is 0.0880. The van der Waals surface area contributed by atoms with Gasteiger partial charge in [-0.25, -0.2) is 4.98 Å². The summed E-state index contributed by atoms with van der Waals surface area (Å²) in [6.07, 6.45) is 4.35. The van der Waals surface area contributed by atoms with E-state index < -0.39 is 5.54 Å². The molecule has 43 heavy (non-hydrogen) atoms. The maximum Gasteiger partial charge on any atom is 0.168 e. The molecule has 1 atom stereocenters. The lowest BCUT2D eigenvalue weighted by atomic mass is 9.76. The molecule has 0 fully saturated rings. The van der Waals surface area contributed by atoms with Crippen molar-refractivity contribution in [1.82, 2.24) is 14.1 Å². The molecule has 0 saturated carbocycles. The minimum atomic E-state index is -0.613. The fourth-order valence-electron chi connectivity index (χ4n) is 7.03. The van der Waals surface area contributed by atoms with E-state index in [2.05, 4.69) is 126 Å². The quantitative estimate of drug-likeness (QED) is 0.190. The molecule has 4 aromatic carbocycles. The second kappa shape index (κ2) is 11.9. The molecule has 0 spiro atoms. The molecule has 0 radical (unpaired) electrons. The van der Waals surface area contributed by atoms with Crippen LogP contribution in [0.25, 0.3) is 10.9 Å². The number of carbonyl (C=O) groups excluding carboxylic acids is 1. The second-order valence-corrected chi connectivity index (χ2v) is 11.2. The molecule has 0 aliphatic heterocycles. The zero-order valence-electron chi connectivity index (χ0n) is 25.5. The summed E-state index contributed by atoms with van der Waals surface area (Å²) < 4.78 is 4.52. The average Bonchev–Trinajstić information content (AvgIpc) is 3.58. The van der Waals surface area contributed by atoms with Gasteiger partial charge in [0.2, 0.25) is 0 Å². The average molecular weight is 566 g/mol. The Labute approximate surface area is 254 Å². The Hall–Kier alpha value is -4.70. The van der Waals surface area contributed by atoms with E-state index in [1.54, 1.807) is 0 Å². The van der Waals surface area contributed by atoms with Gasteiger partial charge in [0.15, 0.2) is 5.78 Å². The van der Waals surface area contributed by atoms with Crippen molar-refractivity contribution in [3.05, 3.63) is 161 Å². The van der Waals surface area contributed by atoms with Crippen molar-refractivity contribution >= 4 is 16.7 Å². The summed E-state index contributed by atoms with van der Waals surface area (Å²) in [6, 6.07) is 40.3. The number of nitrogens with zero attached hydrogens (tertiary/aromatic N) is 3. The van der Waals surface area contributed by atoms with Crippen LogP contribution in [0.3, 0.4) is 0 Å². The van der Waals surface area contributed by atoms with Crippen molar-refractivity contribution < 1.29 is 4.79 Å². The van der Waals surface area contributed by atoms with Crippen LogP contribution in [0.5, 0.6) is 0 Å². The van der Waals surface area contributed by atoms with E-state index in [1.165, 1.54) is 16.7 Å². The molecule has 6 aromatic rings. The number of carbonyl (C=O) groups is 1. The Bertz CT molecular complexity index is 1750. The van der Waals surface area contributed by atoms with Gasteiger partial charge in [0.1, 0.15) is 5.54 Å². The molecule has 2 heterocycles. The van der Waals surface area contributed by atoms with Gasteiger partial charge in [-0.3, -0.25) is 4.79 Å². The highest BCUT2D eigenvalue weighted by Gasteiger charge is 2.40. The number of ketones is 1. The second-order valence-electron chi connectivity index (χ2n) is 11.2. The van der Waals surface area contributed by atoms with Crippen molar-refractivity contribution in [2.75, 3.05) is 0 Å². The zero-order chi connectivity index (χ0) is 30.0. The van der Waals surface area contributed by atoms with Gasteiger partial charge in [-0.15, -0.1) is 0 Å². The number of para-hydroxylation sites is 1. The zero-order valence-corrected chi connectivity index (χ0v) is 25.5. The van der Waals surface area contributed by atoms with E-state index in [0.29, 0.717) is 6.42 Å². The number of aryl methyl sites for hydroxylation is 1. The van der Waals surface area contributed by atoms with Crippen LogP contribution in [-0.4, -0.2) is 19.9 Å². The number of Topliss-reactive ketones (excluding diaryl/α,β-unsaturated/α-hetero) is 1. The Morgan fingerprint density at radius 3 is 1.84 bits per heavy atom. The fraction of sp³-hybridized carbons (Fsp3) is 0.231. The van der Waals surface area contributed by atoms with Gasteiger partial charge in [0.25, 0.3) is 0 Å². The number of imidazole rings is 1. The molecule has 1 aliphatic carbocycles. The van der Waals surface area contributed by atoms with E-state index in [-0.39, 0.29) is 11.7 Å². The first-order valence-corrected chi connectivity index (χ1v) is 15.4. The topological polar surface area (TPSA) is 39.8 Å². The van der Waals surface area contributed by atoms with Crippen LogP contribution in [0.4, 0.5) is 0 Å². The molecular weight excluding hydrogens is 526 g/mol. The number of benzene rings is 4. The van der Waals surface area contributed by atoms with Crippen molar-refractivity contribution in [2.24, 2.45) is 13.0 Å². The van der Waals surface area contributed by atoms with Crippen LogP contribution in [0.15, 0.2) is 122 Å². The van der Waals surface area contributed by atoms with Gasteiger partial charge in [-0.2, -0.15) is 0 Å². The Morgan fingerprint density at radius 1 is 0.767 bits per heavy atom. The SMILES string of the molecule is CC.Cc1c(CC2CCc3c(c4ccccc4n3C)C2=O)ncn1C(c1ccccc1)(c1ccccc1)c1ccccc1. The number of hydrogen-bond donors (Lipinski definition) is 0. The maximum absolute atomic E-state index is 14.0. The summed E-state index contributed by atoms with van der Waals surface area (Å²) in [4.78, 5) is 19.0. The molecular formula is C39H39N3O. The molecule has 4 heteroatoms. The van der Waals surface area contributed by atoms with Crippen molar-refractivity contribution in [2.45, 2.75) is 45.6 Å². The van der Waals surface area contributed by atoms with Crippen LogP contribution in [0.1, 0.15) is 64.4 Å². The molecule has 4 nitrogen and oxygen atoms in total. The van der Waals surface area contributed by atoms with Gasteiger partial charge in [-0.1, -0.05) is 123 Å². The first-order chi connectivity index (χ1) is 21.1. The van der Waals surface area contributed by atoms with Crippen molar-refractivity contribution in [3.8, 4) is 0 Å². The Balaban J connectivity index is 0.00000161. The predicted molar refractivity (Wildman–Crippen MR) is 176 cm³/mol. The lowest BCUT2D eigenvalue weighted by molar-refractivity contribution is 0.0901.